The zero-order valence-corrected chi connectivity index (χ0v) is 17.2. The standard InChI is InChI=1S/C24H27NO5/c1-3-5-7-9-13-29-20-15-19(16-21(17-20)30-14-10-8-6-4-2)22(26)18-25-23(27)11-12-24(25)28/h1-2,15-17H,5-14,18H2. The van der Waals surface area contributed by atoms with Gasteiger partial charge in [0, 0.05) is 37.3 Å². The molecule has 0 saturated carbocycles. The smallest absolute Gasteiger partial charge is 0.230 e. The highest BCUT2D eigenvalue weighted by molar-refractivity contribution is 6.08. The molecule has 1 aromatic rings. The molecule has 0 radical (unpaired) electrons. The summed E-state index contributed by atoms with van der Waals surface area (Å²) in [5.74, 6) is 5.19. The molecule has 1 aromatic carbocycles. The average Bonchev–Trinajstić information content (AvgIpc) is 3.05. The zero-order valence-electron chi connectivity index (χ0n) is 17.2. The predicted octanol–water partition coefficient (Wildman–Crippen LogP) is 3.38. The van der Waals surface area contributed by atoms with Crippen molar-refractivity contribution in [2.45, 2.75) is 51.4 Å². The van der Waals surface area contributed by atoms with Crippen LogP contribution in [-0.4, -0.2) is 42.3 Å². The molecular weight excluding hydrogens is 382 g/mol. The van der Waals surface area contributed by atoms with E-state index in [2.05, 4.69) is 11.8 Å². The Morgan fingerprint density at radius 1 is 0.867 bits per heavy atom. The third-order valence-electron chi connectivity index (χ3n) is 4.63. The first-order valence-electron chi connectivity index (χ1n) is 10.2. The highest BCUT2D eigenvalue weighted by Crippen LogP contribution is 2.25. The SMILES string of the molecule is C#CCCCCOc1cc(OCCCCC#C)cc(C(=O)CN2C(=O)CCC2=O)c1. The van der Waals surface area contributed by atoms with E-state index in [1.54, 1.807) is 18.2 Å². The summed E-state index contributed by atoms with van der Waals surface area (Å²) in [7, 11) is 0. The molecule has 1 saturated heterocycles. The van der Waals surface area contributed by atoms with Crippen molar-refractivity contribution in [3.05, 3.63) is 23.8 Å². The summed E-state index contributed by atoms with van der Waals surface area (Å²) in [4.78, 5) is 37.4. The quantitative estimate of drug-likeness (QED) is 0.216. The van der Waals surface area contributed by atoms with E-state index < -0.39 is 0 Å². The van der Waals surface area contributed by atoms with Gasteiger partial charge in [-0.3, -0.25) is 19.3 Å². The average molecular weight is 409 g/mol. The van der Waals surface area contributed by atoms with E-state index in [4.69, 9.17) is 22.3 Å². The Balaban J connectivity index is 2.06. The Morgan fingerprint density at radius 2 is 1.37 bits per heavy atom. The summed E-state index contributed by atoms with van der Waals surface area (Å²) < 4.78 is 11.5. The maximum Gasteiger partial charge on any atom is 0.230 e. The predicted molar refractivity (Wildman–Crippen MR) is 113 cm³/mol. The van der Waals surface area contributed by atoms with E-state index in [-0.39, 0.29) is 37.0 Å². The highest BCUT2D eigenvalue weighted by atomic mass is 16.5. The Bertz CT molecular complexity index is 788. The van der Waals surface area contributed by atoms with E-state index in [1.807, 2.05) is 0 Å². The molecule has 1 aliphatic heterocycles. The van der Waals surface area contributed by atoms with E-state index in [0.717, 1.165) is 30.6 Å². The molecule has 0 N–H and O–H groups in total. The molecule has 0 bridgehead atoms. The van der Waals surface area contributed by atoms with Crippen LogP contribution in [0.25, 0.3) is 0 Å². The molecule has 6 heteroatoms. The fourth-order valence-corrected chi connectivity index (χ4v) is 2.97. The number of rotatable bonds is 13. The lowest BCUT2D eigenvalue weighted by molar-refractivity contribution is -0.137. The molecule has 30 heavy (non-hydrogen) atoms. The first kappa shape index (κ1) is 23.0. The van der Waals surface area contributed by atoms with Crippen LogP contribution in [0.3, 0.4) is 0 Å². The van der Waals surface area contributed by atoms with Crippen LogP contribution < -0.4 is 9.47 Å². The molecular formula is C24H27NO5. The number of nitrogens with zero attached hydrogens (tertiary/aromatic N) is 1. The fourth-order valence-electron chi connectivity index (χ4n) is 2.97. The van der Waals surface area contributed by atoms with Crippen LogP contribution in [0, 0.1) is 24.7 Å². The third kappa shape index (κ3) is 7.29. The maximum absolute atomic E-state index is 12.7. The Morgan fingerprint density at radius 3 is 1.83 bits per heavy atom. The molecule has 1 heterocycles. The Labute approximate surface area is 177 Å². The molecule has 2 rings (SSSR count). The van der Waals surface area contributed by atoms with Gasteiger partial charge in [-0.05, 0) is 37.8 Å². The van der Waals surface area contributed by atoms with Gasteiger partial charge in [-0.2, -0.15) is 0 Å². The molecule has 1 aliphatic rings. The van der Waals surface area contributed by atoms with Gasteiger partial charge in [0.2, 0.25) is 11.8 Å². The van der Waals surface area contributed by atoms with Crippen molar-refractivity contribution in [2.24, 2.45) is 0 Å². The van der Waals surface area contributed by atoms with E-state index in [9.17, 15) is 14.4 Å². The number of ether oxygens (including phenoxy) is 2. The van der Waals surface area contributed by atoms with Gasteiger partial charge in [0.15, 0.2) is 5.78 Å². The number of hydrogen-bond donors (Lipinski definition) is 0. The van der Waals surface area contributed by atoms with Gasteiger partial charge < -0.3 is 9.47 Å². The zero-order chi connectivity index (χ0) is 21.8. The lowest BCUT2D eigenvalue weighted by atomic mass is 10.1. The number of carbonyl (C=O) groups is 3. The largest absolute Gasteiger partial charge is 0.493 e. The van der Waals surface area contributed by atoms with Gasteiger partial charge in [0.05, 0.1) is 19.8 Å². The van der Waals surface area contributed by atoms with E-state index in [0.29, 0.717) is 43.1 Å². The van der Waals surface area contributed by atoms with Crippen molar-refractivity contribution >= 4 is 17.6 Å². The van der Waals surface area contributed by atoms with Crippen molar-refractivity contribution < 1.29 is 23.9 Å². The number of imide groups is 1. The Hall–Kier alpha value is -3.25. The number of terminal acetylenes is 2. The van der Waals surface area contributed by atoms with Gasteiger partial charge in [0.25, 0.3) is 0 Å². The van der Waals surface area contributed by atoms with Crippen LogP contribution in [0.1, 0.15) is 61.7 Å². The van der Waals surface area contributed by atoms with Gasteiger partial charge in [-0.1, -0.05) is 0 Å². The second kappa shape index (κ2) is 12.3. The van der Waals surface area contributed by atoms with Crippen LogP contribution in [0.2, 0.25) is 0 Å². The minimum atomic E-state index is -0.339. The topological polar surface area (TPSA) is 72.9 Å². The number of amides is 2. The molecule has 6 nitrogen and oxygen atoms in total. The summed E-state index contributed by atoms with van der Waals surface area (Å²) in [5.41, 5.74) is 0.335. The summed E-state index contributed by atoms with van der Waals surface area (Å²) in [6, 6.07) is 4.95. The van der Waals surface area contributed by atoms with Crippen LogP contribution >= 0.6 is 0 Å². The number of ketones is 1. The lowest BCUT2D eigenvalue weighted by Crippen LogP contribution is -2.34. The number of unbranched alkanes of at least 4 members (excludes halogenated alkanes) is 4. The van der Waals surface area contributed by atoms with Gasteiger partial charge in [-0.15, -0.1) is 24.7 Å². The van der Waals surface area contributed by atoms with Crippen molar-refractivity contribution in [1.82, 2.24) is 4.90 Å². The van der Waals surface area contributed by atoms with Gasteiger partial charge in [0.1, 0.15) is 11.5 Å². The molecule has 0 aromatic heterocycles. The second-order valence-electron chi connectivity index (χ2n) is 7.01. The summed E-state index contributed by atoms with van der Waals surface area (Å²) >= 11 is 0. The lowest BCUT2D eigenvalue weighted by Gasteiger charge is -2.15. The maximum atomic E-state index is 12.7. The number of likely N-dealkylation sites (tertiary alicyclic amines) is 1. The van der Waals surface area contributed by atoms with Crippen LogP contribution in [0.5, 0.6) is 11.5 Å². The third-order valence-corrected chi connectivity index (χ3v) is 4.63. The van der Waals surface area contributed by atoms with Crippen LogP contribution in [-0.2, 0) is 9.59 Å². The number of benzene rings is 1. The van der Waals surface area contributed by atoms with E-state index in [1.165, 1.54) is 0 Å². The van der Waals surface area contributed by atoms with Crippen molar-refractivity contribution in [3.63, 3.8) is 0 Å². The minimum absolute atomic E-state index is 0.152. The highest BCUT2D eigenvalue weighted by Gasteiger charge is 2.30. The second-order valence-corrected chi connectivity index (χ2v) is 7.01. The van der Waals surface area contributed by atoms with Gasteiger partial charge in [-0.25, -0.2) is 0 Å². The monoisotopic (exact) mass is 409 g/mol. The molecule has 0 atom stereocenters. The number of Topliss-reactive ketones (excluding diaryl/α,β-unsaturated/α-hetero) is 1. The van der Waals surface area contributed by atoms with Crippen molar-refractivity contribution in [1.29, 1.82) is 0 Å². The van der Waals surface area contributed by atoms with Crippen LogP contribution in [0.15, 0.2) is 18.2 Å². The first-order chi connectivity index (χ1) is 14.5. The molecule has 158 valence electrons. The van der Waals surface area contributed by atoms with Crippen molar-refractivity contribution in [3.8, 4) is 36.2 Å². The fraction of sp³-hybridized carbons (Fsp3) is 0.458. The Kier molecular flexibility index (Phi) is 9.48. The summed E-state index contributed by atoms with van der Waals surface area (Å²) in [6.45, 7) is 0.652. The molecule has 0 spiro atoms. The summed E-state index contributed by atoms with van der Waals surface area (Å²) in [5, 5.41) is 0. The minimum Gasteiger partial charge on any atom is -0.493 e. The van der Waals surface area contributed by atoms with E-state index >= 15 is 0 Å². The normalized spacial score (nSPS) is 13.1. The van der Waals surface area contributed by atoms with Crippen LogP contribution in [0.4, 0.5) is 0 Å². The first-order valence-corrected chi connectivity index (χ1v) is 10.2. The van der Waals surface area contributed by atoms with Crippen molar-refractivity contribution in [2.75, 3.05) is 19.8 Å². The number of carbonyl (C=O) groups excluding carboxylic acids is 3. The van der Waals surface area contributed by atoms with Gasteiger partial charge >= 0.3 is 0 Å². The number of hydrogen-bond acceptors (Lipinski definition) is 5. The molecule has 1 fully saturated rings. The molecule has 0 unspecified atom stereocenters. The summed E-state index contributed by atoms with van der Waals surface area (Å²) in [6.07, 6.45) is 15.5. The molecule has 2 amide bonds. The molecule has 0 aliphatic carbocycles.